The van der Waals surface area contributed by atoms with Crippen LogP contribution in [0.3, 0.4) is 0 Å². The largest absolute Gasteiger partial charge is 0.373 e. The molecular weight excluding hydrogens is 203 g/mol. The van der Waals surface area contributed by atoms with Crippen LogP contribution in [0.25, 0.3) is 0 Å². The standard InChI is InChI=1S/C13H19FN2/c1-16(10-13(15)7-2-3-8-13)12-6-4-5-11(14)9-12/h4-6,9H,2-3,7-8,10,15H2,1H3. The van der Waals surface area contributed by atoms with Gasteiger partial charge in [0.25, 0.3) is 0 Å². The van der Waals surface area contributed by atoms with E-state index in [0.717, 1.165) is 25.1 Å². The van der Waals surface area contributed by atoms with E-state index in [1.54, 1.807) is 12.1 Å². The van der Waals surface area contributed by atoms with Crippen LogP contribution in [0.1, 0.15) is 25.7 Å². The summed E-state index contributed by atoms with van der Waals surface area (Å²) in [6.07, 6.45) is 4.58. The van der Waals surface area contributed by atoms with Gasteiger partial charge in [0.1, 0.15) is 5.82 Å². The van der Waals surface area contributed by atoms with Crippen molar-refractivity contribution in [1.29, 1.82) is 0 Å². The summed E-state index contributed by atoms with van der Waals surface area (Å²) in [6.45, 7) is 0.802. The van der Waals surface area contributed by atoms with Crippen LogP contribution in [-0.4, -0.2) is 19.1 Å². The molecule has 0 spiro atoms. The average molecular weight is 222 g/mol. The van der Waals surface area contributed by atoms with Crippen molar-refractivity contribution in [3.05, 3.63) is 30.1 Å². The lowest BCUT2D eigenvalue weighted by Gasteiger charge is -2.31. The van der Waals surface area contributed by atoms with Crippen molar-refractivity contribution >= 4 is 5.69 Å². The zero-order chi connectivity index (χ0) is 11.6. The van der Waals surface area contributed by atoms with E-state index in [2.05, 4.69) is 4.90 Å². The Hall–Kier alpha value is -1.09. The summed E-state index contributed by atoms with van der Waals surface area (Å²) >= 11 is 0. The second kappa shape index (κ2) is 4.42. The molecule has 1 aliphatic carbocycles. The molecule has 1 saturated carbocycles. The van der Waals surface area contributed by atoms with Gasteiger partial charge >= 0.3 is 0 Å². The van der Waals surface area contributed by atoms with Gasteiger partial charge < -0.3 is 10.6 Å². The highest BCUT2D eigenvalue weighted by atomic mass is 19.1. The maximum Gasteiger partial charge on any atom is 0.125 e. The third kappa shape index (κ3) is 2.53. The molecule has 88 valence electrons. The fourth-order valence-electron chi connectivity index (χ4n) is 2.51. The van der Waals surface area contributed by atoms with Gasteiger partial charge in [0.05, 0.1) is 0 Å². The van der Waals surface area contributed by atoms with Crippen molar-refractivity contribution in [1.82, 2.24) is 0 Å². The number of nitrogens with two attached hydrogens (primary N) is 1. The molecule has 1 aromatic carbocycles. The van der Waals surface area contributed by atoms with Crippen LogP contribution in [0, 0.1) is 5.82 Å². The summed E-state index contributed by atoms with van der Waals surface area (Å²) in [5, 5.41) is 0. The Kier molecular flexibility index (Phi) is 3.15. The van der Waals surface area contributed by atoms with Crippen LogP contribution in [0.4, 0.5) is 10.1 Å². The van der Waals surface area contributed by atoms with Crippen LogP contribution in [-0.2, 0) is 0 Å². The lowest BCUT2D eigenvalue weighted by molar-refractivity contribution is 0.442. The first-order valence-corrected chi connectivity index (χ1v) is 5.85. The zero-order valence-electron chi connectivity index (χ0n) is 9.75. The SMILES string of the molecule is CN(CC1(N)CCCC1)c1cccc(F)c1. The second-order valence-electron chi connectivity index (χ2n) is 4.91. The number of nitrogens with zero attached hydrogens (tertiary/aromatic N) is 1. The number of halogens is 1. The van der Waals surface area contributed by atoms with Crippen molar-refractivity contribution in [3.63, 3.8) is 0 Å². The van der Waals surface area contributed by atoms with Crippen LogP contribution < -0.4 is 10.6 Å². The van der Waals surface area contributed by atoms with Gasteiger partial charge in [-0.1, -0.05) is 18.9 Å². The fourth-order valence-corrected chi connectivity index (χ4v) is 2.51. The summed E-state index contributed by atoms with van der Waals surface area (Å²) < 4.78 is 13.1. The molecule has 0 aliphatic heterocycles. The van der Waals surface area contributed by atoms with E-state index < -0.39 is 0 Å². The maximum atomic E-state index is 13.1. The average Bonchev–Trinajstić information content (AvgIpc) is 2.65. The molecule has 0 saturated heterocycles. The van der Waals surface area contributed by atoms with Gasteiger partial charge in [-0.25, -0.2) is 4.39 Å². The van der Waals surface area contributed by atoms with E-state index in [0.29, 0.717) is 0 Å². The lowest BCUT2D eigenvalue weighted by Crippen LogP contribution is -2.47. The summed E-state index contributed by atoms with van der Waals surface area (Å²) in [6, 6.07) is 6.67. The van der Waals surface area contributed by atoms with Gasteiger partial charge in [-0.2, -0.15) is 0 Å². The van der Waals surface area contributed by atoms with Gasteiger partial charge in [0.15, 0.2) is 0 Å². The Labute approximate surface area is 96.2 Å². The number of benzene rings is 1. The molecule has 1 aliphatic rings. The first-order valence-electron chi connectivity index (χ1n) is 5.85. The number of likely N-dealkylation sites (N-methyl/N-ethyl adjacent to an activating group) is 1. The van der Waals surface area contributed by atoms with Crippen LogP contribution >= 0.6 is 0 Å². The number of hydrogen-bond donors (Lipinski definition) is 1. The van der Waals surface area contributed by atoms with Crippen LogP contribution in [0.2, 0.25) is 0 Å². The van der Waals surface area contributed by atoms with Gasteiger partial charge in [0.2, 0.25) is 0 Å². The molecule has 1 fully saturated rings. The van der Waals surface area contributed by atoms with Gasteiger partial charge in [0, 0.05) is 24.8 Å². The molecular formula is C13H19FN2. The van der Waals surface area contributed by atoms with E-state index >= 15 is 0 Å². The Morgan fingerprint density at radius 3 is 2.69 bits per heavy atom. The molecule has 0 bridgehead atoms. The predicted molar refractivity (Wildman–Crippen MR) is 65.1 cm³/mol. The molecule has 0 aromatic heterocycles. The summed E-state index contributed by atoms with van der Waals surface area (Å²) in [5.74, 6) is -0.193. The highest BCUT2D eigenvalue weighted by molar-refractivity contribution is 5.46. The van der Waals surface area contributed by atoms with Gasteiger partial charge in [-0.3, -0.25) is 0 Å². The molecule has 0 atom stereocenters. The molecule has 2 N–H and O–H groups in total. The molecule has 2 rings (SSSR count). The van der Waals surface area contributed by atoms with Gasteiger partial charge in [-0.15, -0.1) is 0 Å². The first kappa shape index (κ1) is 11.4. The number of anilines is 1. The van der Waals surface area contributed by atoms with Crippen molar-refractivity contribution < 1.29 is 4.39 Å². The Morgan fingerprint density at radius 2 is 2.06 bits per heavy atom. The van der Waals surface area contributed by atoms with E-state index in [4.69, 9.17) is 5.73 Å². The molecule has 1 aromatic rings. The molecule has 0 amide bonds. The quantitative estimate of drug-likeness (QED) is 0.851. The van der Waals surface area contributed by atoms with Crippen molar-refractivity contribution in [3.8, 4) is 0 Å². The van der Waals surface area contributed by atoms with E-state index in [-0.39, 0.29) is 11.4 Å². The number of rotatable bonds is 3. The van der Waals surface area contributed by atoms with Gasteiger partial charge in [-0.05, 0) is 31.0 Å². The van der Waals surface area contributed by atoms with Crippen molar-refractivity contribution in [2.24, 2.45) is 5.73 Å². The van der Waals surface area contributed by atoms with E-state index in [1.807, 2.05) is 13.1 Å². The number of hydrogen-bond acceptors (Lipinski definition) is 2. The van der Waals surface area contributed by atoms with Crippen LogP contribution in [0.15, 0.2) is 24.3 Å². The maximum absolute atomic E-state index is 13.1. The minimum Gasteiger partial charge on any atom is -0.373 e. The highest BCUT2D eigenvalue weighted by Crippen LogP contribution is 2.29. The van der Waals surface area contributed by atoms with Crippen molar-refractivity contribution in [2.45, 2.75) is 31.2 Å². The Morgan fingerprint density at radius 1 is 1.38 bits per heavy atom. The summed E-state index contributed by atoms with van der Waals surface area (Å²) in [7, 11) is 1.97. The van der Waals surface area contributed by atoms with E-state index in [1.165, 1.54) is 18.9 Å². The molecule has 0 radical (unpaired) electrons. The normalized spacial score (nSPS) is 18.7. The molecule has 0 unspecified atom stereocenters. The minimum absolute atomic E-state index is 0.0823. The smallest absolute Gasteiger partial charge is 0.125 e. The summed E-state index contributed by atoms with van der Waals surface area (Å²) in [4.78, 5) is 2.05. The summed E-state index contributed by atoms with van der Waals surface area (Å²) in [5.41, 5.74) is 7.12. The Balaban J connectivity index is 2.05. The second-order valence-corrected chi connectivity index (χ2v) is 4.91. The molecule has 2 nitrogen and oxygen atoms in total. The monoisotopic (exact) mass is 222 g/mol. The minimum atomic E-state index is -0.193. The fraction of sp³-hybridized carbons (Fsp3) is 0.538. The highest BCUT2D eigenvalue weighted by Gasteiger charge is 2.30. The zero-order valence-corrected chi connectivity index (χ0v) is 9.75. The molecule has 0 heterocycles. The lowest BCUT2D eigenvalue weighted by atomic mass is 9.98. The van der Waals surface area contributed by atoms with Crippen LogP contribution in [0.5, 0.6) is 0 Å². The first-order chi connectivity index (χ1) is 7.59. The third-order valence-electron chi connectivity index (χ3n) is 3.40. The molecule has 3 heteroatoms. The van der Waals surface area contributed by atoms with E-state index in [9.17, 15) is 4.39 Å². The predicted octanol–water partition coefficient (Wildman–Crippen LogP) is 2.53. The topological polar surface area (TPSA) is 29.3 Å². The Bertz CT molecular complexity index is 359. The third-order valence-corrected chi connectivity index (χ3v) is 3.40. The van der Waals surface area contributed by atoms with Crippen molar-refractivity contribution in [2.75, 3.05) is 18.5 Å². The molecule has 16 heavy (non-hydrogen) atoms.